The van der Waals surface area contributed by atoms with E-state index in [2.05, 4.69) is 71.0 Å². The molecule has 1 aliphatic rings. The molecule has 5 heteroatoms. The maximum Gasteiger partial charge on any atom is 0.183 e. The van der Waals surface area contributed by atoms with Crippen molar-refractivity contribution in [3.8, 4) is 11.3 Å². The first-order valence-corrected chi connectivity index (χ1v) is 10.4. The van der Waals surface area contributed by atoms with Crippen molar-refractivity contribution in [2.75, 3.05) is 17.2 Å². The van der Waals surface area contributed by atoms with E-state index in [1.807, 2.05) is 6.20 Å². The van der Waals surface area contributed by atoms with Gasteiger partial charge in [-0.25, -0.2) is 4.98 Å². The lowest BCUT2D eigenvalue weighted by atomic mass is 10.0. The molecule has 2 N–H and O–H groups in total. The molecule has 1 fully saturated rings. The summed E-state index contributed by atoms with van der Waals surface area (Å²) in [7, 11) is 0. The van der Waals surface area contributed by atoms with Crippen LogP contribution >= 0.6 is 11.3 Å². The van der Waals surface area contributed by atoms with Crippen LogP contribution in [0.5, 0.6) is 0 Å². The molecule has 3 aromatic rings. The van der Waals surface area contributed by atoms with Crippen LogP contribution < -0.4 is 10.6 Å². The summed E-state index contributed by atoms with van der Waals surface area (Å²) in [5.41, 5.74) is 8.19. The second kappa shape index (κ2) is 7.69. The average molecular weight is 379 g/mol. The molecule has 1 aliphatic carbocycles. The highest BCUT2D eigenvalue weighted by Crippen LogP contribution is 2.30. The van der Waals surface area contributed by atoms with Gasteiger partial charge in [0.15, 0.2) is 5.13 Å². The van der Waals surface area contributed by atoms with Crippen LogP contribution in [0.25, 0.3) is 11.3 Å². The summed E-state index contributed by atoms with van der Waals surface area (Å²) in [5.74, 6) is 0.853. The molecule has 0 amide bonds. The first-order chi connectivity index (χ1) is 13.1. The van der Waals surface area contributed by atoms with Crippen LogP contribution in [0.3, 0.4) is 0 Å². The Morgan fingerprint density at radius 2 is 1.85 bits per heavy atom. The van der Waals surface area contributed by atoms with Gasteiger partial charge in [-0.05, 0) is 68.4 Å². The molecule has 1 aromatic carbocycles. The lowest BCUT2D eigenvalue weighted by molar-refractivity contribution is 0.887. The number of hydrogen-bond donors (Lipinski definition) is 2. The number of nitrogens with zero attached hydrogens (tertiary/aromatic N) is 2. The molecule has 27 heavy (non-hydrogen) atoms. The molecule has 140 valence electrons. The normalized spacial score (nSPS) is 13.6. The number of anilines is 2. The first kappa shape index (κ1) is 18.0. The van der Waals surface area contributed by atoms with E-state index in [1.54, 1.807) is 11.3 Å². The Morgan fingerprint density at radius 3 is 2.59 bits per heavy atom. The van der Waals surface area contributed by atoms with E-state index >= 15 is 0 Å². The summed E-state index contributed by atoms with van der Waals surface area (Å²) >= 11 is 1.67. The second-order valence-electron chi connectivity index (χ2n) is 7.45. The summed E-state index contributed by atoms with van der Waals surface area (Å²) in [5, 5.41) is 10.1. The number of aromatic nitrogens is 2. The standard InChI is InChI=1S/C22H26N4S/c1-14-4-5-15(2)21(16(14)3)24-12-19-9-8-18(11-23-19)20-13-27-22(26-20)25-10-17-6-7-17/h4-5,8-9,11,13,17,24H,6-7,10,12H2,1-3H3,(H,25,26). The molecule has 2 heterocycles. The quantitative estimate of drug-likeness (QED) is 0.565. The van der Waals surface area contributed by atoms with Gasteiger partial charge in [0.1, 0.15) is 0 Å². The second-order valence-corrected chi connectivity index (χ2v) is 8.31. The largest absolute Gasteiger partial charge is 0.379 e. The van der Waals surface area contributed by atoms with E-state index in [-0.39, 0.29) is 0 Å². The van der Waals surface area contributed by atoms with E-state index in [0.717, 1.165) is 41.1 Å². The Kier molecular flexibility index (Phi) is 5.12. The predicted molar refractivity (Wildman–Crippen MR) is 115 cm³/mol. The molecular formula is C22H26N4S. The van der Waals surface area contributed by atoms with Crippen LogP contribution in [0.1, 0.15) is 35.2 Å². The third kappa shape index (κ3) is 4.30. The monoisotopic (exact) mass is 378 g/mol. The zero-order valence-electron chi connectivity index (χ0n) is 16.2. The fourth-order valence-corrected chi connectivity index (χ4v) is 3.85. The van der Waals surface area contributed by atoms with Crippen LogP contribution in [0.15, 0.2) is 35.8 Å². The highest BCUT2D eigenvalue weighted by molar-refractivity contribution is 7.14. The van der Waals surface area contributed by atoms with E-state index in [4.69, 9.17) is 0 Å². The van der Waals surface area contributed by atoms with E-state index in [0.29, 0.717) is 0 Å². The Hall–Kier alpha value is -2.40. The third-order valence-electron chi connectivity index (χ3n) is 5.25. The van der Waals surface area contributed by atoms with Crippen molar-refractivity contribution >= 4 is 22.2 Å². The Balaban J connectivity index is 1.39. The smallest absolute Gasteiger partial charge is 0.183 e. The molecule has 0 bridgehead atoms. The minimum Gasteiger partial charge on any atom is -0.379 e. The highest BCUT2D eigenvalue weighted by Gasteiger charge is 2.21. The summed E-state index contributed by atoms with van der Waals surface area (Å²) in [6.45, 7) is 8.22. The van der Waals surface area contributed by atoms with Gasteiger partial charge in [-0.3, -0.25) is 4.98 Å². The van der Waals surface area contributed by atoms with E-state index in [1.165, 1.54) is 35.2 Å². The molecule has 4 nitrogen and oxygen atoms in total. The van der Waals surface area contributed by atoms with Gasteiger partial charge in [0, 0.05) is 29.4 Å². The van der Waals surface area contributed by atoms with Crippen molar-refractivity contribution in [1.29, 1.82) is 0 Å². The fraction of sp³-hybridized carbons (Fsp3) is 0.364. The van der Waals surface area contributed by atoms with E-state index < -0.39 is 0 Å². The number of benzene rings is 1. The molecular weight excluding hydrogens is 352 g/mol. The maximum atomic E-state index is 4.69. The van der Waals surface area contributed by atoms with E-state index in [9.17, 15) is 0 Å². The number of hydrogen-bond acceptors (Lipinski definition) is 5. The summed E-state index contributed by atoms with van der Waals surface area (Å²) in [4.78, 5) is 9.32. The molecule has 4 rings (SSSR count). The maximum absolute atomic E-state index is 4.69. The number of pyridine rings is 1. The van der Waals surface area contributed by atoms with Gasteiger partial charge in [0.05, 0.1) is 17.9 Å². The minimum absolute atomic E-state index is 0.719. The van der Waals surface area contributed by atoms with Crippen LogP contribution in [0.4, 0.5) is 10.8 Å². The van der Waals surface area contributed by atoms with Crippen molar-refractivity contribution in [3.05, 3.63) is 58.2 Å². The molecule has 0 atom stereocenters. The molecule has 2 aromatic heterocycles. The summed E-state index contributed by atoms with van der Waals surface area (Å²) in [6.07, 6.45) is 4.63. The number of thiazole rings is 1. The molecule has 0 saturated heterocycles. The van der Waals surface area contributed by atoms with Crippen LogP contribution in [0, 0.1) is 26.7 Å². The van der Waals surface area contributed by atoms with Crippen LogP contribution in [-0.4, -0.2) is 16.5 Å². The number of aryl methyl sites for hydroxylation is 2. The Morgan fingerprint density at radius 1 is 1.04 bits per heavy atom. The Labute approximate surface area is 165 Å². The minimum atomic E-state index is 0.719. The molecule has 0 unspecified atom stereocenters. The average Bonchev–Trinajstić information content (AvgIpc) is 3.39. The zero-order chi connectivity index (χ0) is 18.8. The van der Waals surface area contributed by atoms with Crippen molar-refractivity contribution < 1.29 is 0 Å². The van der Waals surface area contributed by atoms with Gasteiger partial charge in [0.25, 0.3) is 0 Å². The highest BCUT2D eigenvalue weighted by atomic mass is 32.1. The molecule has 0 spiro atoms. The van der Waals surface area contributed by atoms with Crippen molar-refractivity contribution in [2.24, 2.45) is 5.92 Å². The fourth-order valence-electron chi connectivity index (χ4n) is 3.12. The Bertz CT molecular complexity index is 926. The lowest BCUT2D eigenvalue weighted by Crippen LogP contribution is -2.05. The van der Waals surface area contributed by atoms with Gasteiger partial charge < -0.3 is 10.6 Å². The SMILES string of the molecule is Cc1ccc(C)c(NCc2ccc(-c3csc(NCC4CC4)n3)cn2)c1C. The van der Waals surface area contributed by atoms with Gasteiger partial charge in [-0.15, -0.1) is 11.3 Å². The summed E-state index contributed by atoms with van der Waals surface area (Å²) in [6, 6.07) is 8.53. The first-order valence-electron chi connectivity index (χ1n) is 9.55. The van der Waals surface area contributed by atoms with Crippen LogP contribution in [-0.2, 0) is 6.54 Å². The molecule has 0 radical (unpaired) electrons. The topological polar surface area (TPSA) is 49.8 Å². The molecule has 1 saturated carbocycles. The zero-order valence-corrected chi connectivity index (χ0v) is 17.0. The van der Waals surface area contributed by atoms with Gasteiger partial charge in [0.2, 0.25) is 0 Å². The van der Waals surface area contributed by atoms with Gasteiger partial charge in [-0.2, -0.15) is 0 Å². The number of rotatable bonds is 7. The third-order valence-corrected chi connectivity index (χ3v) is 6.05. The van der Waals surface area contributed by atoms with Crippen molar-refractivity contribution in [3.63, 3.8) is 0 Å². The summed E-state index contributed by atoms with van der Waals surface area (Å²) < 4.78 is 0. The van der Waals surface area contributed by atoms with Gasteiger partial charge >= 0.3 is 0 Å². The van der Waals surface area contributed by atoms with Gasteiger partial charge in [-0.1, -0.05) is 12.1 Å². The van der Waals surface area contributed by atoms with Crippen LogP contribution in [0.2, 0.25) is 0 Å². The molecule has 0 aliphatic heterocycles. The predicted octanol–water partition coefficient (Wildman–Crippen LogP) is 5.56. The van der Waals surface area contributed by atoms with Crippen molar-refractivity contribution in [2.45, 2.75) is 40.2 Å². The van der Waals surface area contributed by atoms with Crippen molar-refractivity contribution in [1.82, 2.24) is 9.97 Å². The number of nitrogens with one attached hydrogen (secondary N) is 2. The lowest BCUT2D eigenvalue weighted by Gasteiger charge is -2.14.